The Morgan fingerprint density at radius 1 is 1.19 bits per heavy atom. The highest BCUT2D eigenvalue weighted by Gasteiger charge is 2.26. The van der Waals surface area contributed by atoms with Crippen LogP contribution < -0.4 is 25.3 Å². The first kappa shape index (κ1) is 15.4. The quantitative estimate of drug-likeness (QED) is 0.823. The summed E-state index contributed by atoms with van der Waals surface area (Å²) in [7, 11) is 4.57. The first-order valence-corrected chi connectivity index (χ1v) is 6.92. The number of carbonyl (C=O) groups is 1. The number of rotatable bonds is 6. The van der Waals surface area contributed by atoms with Crippen molar-refractivity contribution >= 4 is 5.91 Å². The van der Waals surface area contributed by atoms with Crippen molar-refractivity contribution in [2.45, 2.75) is 18.9 Å². The smallest absolute Gasteiger partial charge is 0.251 e. The molecule has 0 atom stereocenters. The Balaban J connectivity index is 2.09. The summed E-state index contributed by atoms with van der Waals surface area (Å²) in [5.41, 5.74) is 6.21. The fourth-order valence-electron chi connectivity index (χ4n) is 2.51. The second-order valence-corrected chi connectivity index (χ2v) is 5.22. The highest BCUT2D eigenvalue weighted by Crippen LogP contribution is 2.38. The molecule has 116 valence electrons. The van der Waals surface area contributed by atoms with E-state index in [2.05, 4.69) is 5.32 Å². The van der Waals surface area contributed by atoms with E-state index >= 15 is 0 Å². The number of benzene rings is 1. The maximum Gasteiger partial charge on any atom is 0.251 e. The van der Waals surface area contributed by atoms with Crippen molar-refractivity contribution < 1.29 is 19.0 Å². The van der Waals surface area contributed by atoms with E-state index in [4.69, 9.17) is 19.9 Å². The summed E-state index contributed by atoms with van der Waals surface area (Å²) in [6.07, 6.45) is 1.94. The molecule has 2 rings (SSSR count). The van der Waals surface area contributed by atoms with Gasteiger partial charge in [-0.05, 0) is 30.9 Å². The van der Waals surface area contributed by atoms with Gasteiger partial charge in [0.05, 0.1) is 21.3 Å². The Morgan fingerprint density at radius 2 is 1.76 bits per heavy atom. The third-order valence-electron chi connectivity index (χ3n) is 3.75. The minimum absolute atomic E-state index is 0.158. The first-order chi connectivity index (χ1) is 10.1. The van der Waals surface area contributed by atoms with Crippen molar-refractivity contribution in [2.75, 3.05) is 27.9 Å². The number of hydrogen-bond donors (Lipinski definition) is 2. The number of methoxy groups -OCH3 is 3. The number of carbonyl (C=O) groups excluding carboxylic acids is 1. The van der Waals surface area contributed by atoms with Crippen molar-refractivity contribution in [2.24, 2.45) is 11.7 Å². The Hall–Kier alpha value is -1.95. The van der Waals surface area contributed by atoms with Crippen LogP contribution in [0.5, 0.6) is 17.2 Å². The first-order valence-electron chi connectivity index (χ1n) is 6.92. The lowest BCUT2D eigenvalue weighted by atomic mass is 9.81. The lowest BCUT2D eigenvalue weighted by Gasteiger charge is -2.32. The second-order valence-electron chi connectivity index (χ2n) is 5.22. The molecule has 0 aliphatic heterocycles. The van der Waals surface area contributed by atoms with E-state index in [9.17, 15) is 4.79 Å². The van der Waals surface area contributed by atoms with Crippen LogP contribution in [0.4, 0.5) is 0 Å². The molecular formula is C15H22N2O4. The zero-order chi connectivity index (χ0) is 15.4. The molecule has 21 heavy (non-hydrogen) atoms. The van der Waals surface area contributed by atoms with Gasteiger partial charge in [0.25, 0.3) is 5.91 Å². The van der Waals surface area contributed by atoms with Gasteiger partial charge in [-0.25, -0.2) is 0 Å². The van der Waals surface area contributed by atoms with Gasteiger partial charge < -0.3 is 25.3 Å². The van der Waals surface area contributed by atoms with Crippen LogP contribution in [-0.2, 0) is 0 Å². The van der Waals surface area contributed by atoms with E-state index < -0.39 is 0 Å². The van der Waals surface area contributed by atoms with Gasteiger partial charge in [0.2, 0.25) is 5.75 Å². The summed E-state index contributed by atoms with van der Waals surface area (Å²) in [6, 6.07) is 3.57. The highest BCUT2D eigenvalue weighted by atomic mass is 16.5. The molecule has 1 aliphatic rings. The fraction of sp³-hybridized carbons (Fsp3) is 0.533. The van der Waals surface area contributed by atoms with Crippen LogP contribution in [-0.4, -0.2) is 39.8 Å². The molecule has 1 saturated carbocycles. The summed E-state index contributed by atoms with van der Waals surface area (Å²) in [5.74, 6) is 1.72. The van der Waals surface area contributed by atoms with Crippen LogP contribution in [0.15, 0.2) is 12.1 Å². The summed E-state index contributed by atoms with van der Waals surface area (Å²) < 4.78 is 15.7. The van der Waals surface area contributed by atoms with Crippen molar-refractivity contribution in [3.63, 3.8) is 0 Å². The van der Waals surface area contributed by atoms with Gasteiger partial charge in [0.1, 0.15) is 0 Å². The van der Waals surface area contributed by atoms with Crippen LogP contribution in [0.1, 0.15) is 23.2 Å². The van der Waals surface area contributed by atoms with Gasteiger partial charge >= 0.3 is 0 Å². The van der Waals surface area contributed by atoms with E-state index in [1.165, 1.54) is 21.3 Å². The molecular weight excluding hydrogens is 272 g/mol. The second kappa shape index (κ2) is 6.67. The number of hydrogen-bond acceptors (Lipinski definition) is 5. The van der Waals surface area contributed by atoms with Gasteiger partial charge in [-0.15, -0.1) is 0 Å². The molecule has 0 aromatic heterocycles. The molecule has 6 nitrogen and oxygen atoms in total. The van der Waals surface area contributed by atoms with Gasteiger partial charge in [0, 0.05) is 18.2 Å². The molecule has 0 bridgehead atoms. The molecule has 0 radical (unpaired) electrons. The van der Waals surface area contributed by atoms with Crippen LogP contribution in [0.25, 0.3) is 0 Å². The average molecular weight is 294 g/mol. The Kier molecular flexibility index (Phi) is 4.90. The molecule has 1 fully saturated rings. The van der Waals surface area contributed by atoms with Crippen LogP contribution in [0, 0.1) is 5.92 Å². The van der Waals surface area contributed by atoms with Crippen LogP contribution >= 0.6 is 0 Å². The Labute approximate surface area is 124 Å². The minimum atomic E-state index is -0.158. The average Bonchev–Trinajstić information content (AvgIpc) is 2.48. The Morgan fingerprint density at radius 3 is 2.19 bits per heavy atom. The topological polar surface area (TPSA) is 82.8 Å². The molecule has 1 aromatic carbocycles. The van der Waals surface area contributed by atoms with E-state index in [0.717, 1.165) is 12.8 Å². The van der Waals surface area contributed by atoms with Crippen molar-refractivity contribution in [1.29, 1.82) is 0 Å². The molecule has 6 heteroatoms. The number of nitrogens with one attached hydrogen (secondary N) is 1. The summed E-state index contributed by atoms with van der Waals surface area (Å²) in [4.78, 5) is 12.2. The van der Waals surface area contributed by atoms with Gasteiger partial charge in [-0.1, -0.05) is 0 Å². The molecule has 3 N–H and O–H groups in total. The monoisotopic (exact) mass is 294 g/mol. The van der Waals surface area contributed by atoms with E-state index in [1.807, 2.05) is 0 Å². The number of ether oxygens (including phenoxy) is 3. The zero-order valence-corrected chi connectivity index (χ0v) is 12.6. The highest BCUT2D eigenvalue weighted by molar-refractivity contribution is 5.95. The van der Waals surface area contributed by atoms with Gasteiger partial charge in [-0.2, -0.15) is 0 Å². The predicted molar refractivity (Wildman–Crippen MR) is 79.1 cm³/mol. The fourth-order valence-corrected chi connectivity index (χ4v) is 2.51. The van der Waals surface area contributed by atoms with Gasteiger partial charge in [-0.3, -0.25) is 4.79 Å². The summed E-state index contributed by atoms with van der Waals surface area (Å²) in [5, 5.41) is 2.92. The minimum Gasteiger partial charge on any atom is -0.493 e. The number of amides is 1. The molecule has 0 unspecified atom stereocenters. The molecule has 1 aromatic rings. The maximum atomic E-state index is 12.2. The van der Waals surface area contributed by atoms with Gasteiger partial charge in [0.15, 0.2) is 11.5 Å². The molecule has 0 heterocycles. The lowest BCUT2D eigenvalue weighted by molar-refractivity contribution is 0.0934. The molecule has 1 aliphatic carbocycles. The van der Waals surface area contributed by atoms with E-state index in [-0.39, 0.29) is 11.9 Å². The maximum absolute atomic E-state index is 12.2. The molecule has 1 amide bonds. The molecule has 0 spiro atoms. The lowest BCUT2D eigenvalue weighted by Crippen LogP contribution is -2.42. The van der Waals surface area contributed by atoms with E-state index in [1.54, 1.807) is 12.1 Å². The third kappa shape index (κ3) is 3.39. The standard InChI is InChI=1S/C15H22N2O4/c1-19-12-6-10(7-13(20-2)14(12)21-3)15(18)17-8-9-4-11(16)5-9/h6-7,9,11H,4-5,8,16H2,1-3H3,(H,17,18). The Bertz CT molecular complexity index is 487. The summed E-state index contributed by atoms with van der Waals surface area (Å²) in [6.45, 7) is 0.642. The SMILES string of the molecule is COc1cc(C(=O)NCC2CC(N)C2)cc(OC)c1OC. The van der Waals surface area contributed by atoms with Crippen molar-refractivity contribution in [3.8, 4) is 17.2 Å². The van der Waals surface area contributed by atoms with Crippen LogP contribution in [0.2, 0.25) is 0 Å². The third-order valence-corrected chi connectivity index (χ3v) is 3.75. The number of nitrogens with two attached hydrogens (primary N) is 1. The van der Waals surface area contributed by atoms with Crippen molar-refractivity contribution in [1.82, 2.24) is 5.32 Å². The normalized spacial score (nSPS) is 20.4. The summed E-state index contributed by atoms with van der Waals surface area (Å²) >= 11 is 0. The van der Waals surface area contributed by atoms with E-state index in [0.29, 0.717) is 35.3 Å². The largest absolute Gasteiger partial charge is 0.493 e. The van der Waals surface area contributed by atoms with Crippen LogP contribution in [0.3, 0.4) is 0 Å². The molecule has 0 saturated heterocycles. The predicted octanol–water partition coefficient (Wildman–Crippen LogP) is 1.18. The van der Waals surface area contributed by atoms with Crippen molar-refractivity contribution in [3.05, 3.63) is 17.7 Å². The zero-order valence-electron chi connectivity index (χ0n) is 12.6.